The van der Waals surface area contributed by atoms with Crippen LogP contribution in [0.5, 0.6) is 0 Å². The highest BCUT2D eigenvalue weighted by atomic mass is 16.1. The van der Waals surface area contributed by atoms with Crippen molar-refractivity contribution >= 4 is 17.4 Å². The zero-order chi connectivity index (χ0) is 17.6. The Kier molecular flexibility index (Phi) is 4.99. The van der Waals surface area contributed by atoms with E-state index in [0.717, 1.165) is 16.9 Å². The Morgan fingerprint density at radius 1 is 1.08 bits per heavy atom. The lowest BCUT2D eigenvalue weighted by Crippen LogP contribution is -2.13. The predicted molar refractivity (Wildman–Crippen MR) is 97.4 cm³/mol. The summed E-state index contributed by atoms with van der Waals surface area (Å²) in [5.74, 6) is 0.523. The standard InChI is InChI=1S/C19H19N5O/c1-13-6-7-16(11-22-13)19(25)24-17-5-3-4-15(10-17)14(2)23-18-12-20-8-9-21-18/h3-12,14H,1-2H3,(H,21,23)(H,24,25). The van der Waals surface area contributed by atoms with E-state index < -0.39 is 0 Å². The molecule has 126 valence electrons. The molecule has 1 unspecified atom stereocenters. The Bertz CT molecular complexity index is 849. The normalized spacial score (nSPS) is 11.6. The van der Waals surface area contributed by atoms with Gasteiger partial charge in [0.2, 0.25) is 0 Å². The second-order valence-electron chi connectivity index (χ2n) is 5.72. The van der Waals surface area contributed by atoms with Crippen LogP contribution >= 0.6 is 0 Å². The third-order valence-electron chi connectivity index (χ3n) is 3.75. The van der Waals surface area contributed by atoms with E-state index in [2.05, 4.69) is 25.6 Å². The van der Waals surface area contributed by atoms with Crippen LogP contribution in [0.4, 0.5) is 11.5 Å². The Labute approximate surface area is 146 Å². The number of carbonyl (C=O) groups excluding carboxylic acids is 1. The molecule has 2 N–H and O–H groups in total. The highest BCUT2D eigenvalue weighted by Gasteiger charge is 2.10. The number of benzene rings is 1. The average Bonchev–Trinajstić information content (AvgIpc) is 2.63. The second kappa shape index (κ2) is 7.53. The van der Waals surface area contributed by atoms with Gasteiger partial charge in [0.25, 0.3) is 5.91 Å². The minimum absolute atomic E-state index is 0.0228. The van der Waals surface area contributed by atoms with Gasteiger partial charge in [0, 0.05) is 30.0 Å². The summed E-state index contributed by atoms with van der Waals surface area (Å²) < 4.78 is 0. The first-order valence-electron chi connectivity index (χ1n) is 7.98. The number of carbonyl (C=O) groups is 1. The molecule has 6 heteroatoms. The molecule has 1 aromatic carbocycles. The molecular formula is C19H19N5O. The van der Waals surface area contributed by atoms with Gasteiger partial charge in [-0.2, -0.15) is 0 Å². The molecule has 25 heavy (non-hydrogen) atoms. The fourth-order valence-electron chi connectivity index (χ4n) is 2.37. The van der Waals surface area contributed by atoms with E-state index in [4.69, 9.17) is 0 Å². The third-order valence-corrected chi connectivity index (χ3v) is 3.75. The molecule has 1 amide bonds. The molecular weight excluding hydrogens is 314 g/mol. The van der Waals surface area contributed by atoms with Crippen LogP contribution in [-0.2, 0) is 0 Å². The number of anilines is 2. The summed E-state index contributed by atoms with van der Waals surface area (Å²) in [7, 11) is 0. The van der Waals surface area contributed by atoms with Crippen LogP contribution in [0.15, 0.2) is 61.2 Å². The number of nitrogens with zero attached hydrogens (tertiary/aromatic N) is 3. The zero-order valence-corrected chi connectivity index (χ0v) is 14.1. The lowest BCUT2D eigenvalue weighted by atomic mass is 10.1. The number of nitrogens with one attached hydrogen (secondary N) is 2. The number of amides is 1. The van der Waals surface area contributed by atoms with Gasteiger partial charge in [-0.1, -0.05) is 12.1 Å². The molecule has 0 saturated carbocycles. The predicted octanol–water partition coefficient (Wildman–Crippen LogP) is 3.61. The first-order valence-corrected chi connectivity index (χ1v) is 7.98. The molecule has 0 aliphatic rings. The summed E-state index contributed by atoms with van der Waals surface area (Å²) in [6.07, 6.45) is 6.52. The number of aryl methyl sites for hydroxylation is 1. The summed E-state index contributed by atoms with van der Waals surface area (Å²) in [4.78, 5) is 24.7. The maximum atomic E-state index is 12.3. The highest BCUT2D eigenvalue weighted by molar-refractivity contribution is 6.04. The third kappa shape index (κ3) is 4.38. The van der Waals surface area contributed by atoms with Crippen molar-refractivity contribution in [3.8, 4) is 0 Å². The second-order valence-corrected chi connectivity index (χ2v) is 5.72. The maximum Gasteiger partial charge on any atom is 0.257 e. The van der Waals surface area contributed by atoms with Crippen molar-refractivity contribution < 1.29 is 4.79 Å². The Morgan fingerprint density at radius 3 is 2.68 bits per heavy atom. The summed E-state index contributed by atoms with van der Waals surface area (Å²) in [5, 5.41) is 6.18. The molecule has 0 spiro atoms. The van der Waals surface area contributed by atoms with Crippen LogP contribution in [0.2, 0.25) is 0 Å². The van der Waals surface area contributed by atoms with E-state index in [1.807, 2.05) is 44.2 Å². The van der Waals surface area contributed by atoms with Crippen LogP contribution in [-0.4, -0.2) is 20.9 Å². The molecule has 0 radical (unpaired) electrons. The van der Waals surface area contributed by atoms with E-state index in [1.54, 1.807) is 30.9 Å². The fourth-order valence-corrected chi connectivity index (χ4v) is 2.37. The van der Waals surface area contributed by atoms with Gasteiger partial charge < -0.3 is 10.6 Å². The van der Waals surface area contributed by atoms with Crippen molar-refractivity contribution in [2.24, 2.45) is 0 Å². The number of aromatic nitrogens is 3. The van der Waals surface area contributed by atoms with Gasteiger partial charge in [-0.3, -0.25) is 14.8 Å². The van der Waals surface area contributed by atoms with Crippen LogP contribution < -0.4 is 10.6 Å². The van der Waals surface area contributed by atoms with Crippen molar-refractivity contribution in [1.29, 1.82) is 0 Å². The van der Waals surface area contributed by atoms with Crippen molar-refractivity contribution in [3.63, 3.8) is 0 Å². The van der Waals surface area contributed by atoms with Gasteiger partial charge >= 0.3 is 0 Å². The van der Waals surface area contributed by atoms with E-state index in [9.17, 15) is 4.79 Å². The molecule has 0 saturated heterocycles. The summed E-state index contributed by atoms with van der Waals surface area (Å²) >= 11 is 0. The van der Waals surface area contributed by atoms with Gasteiger partial charge in [-0.05, 0) is 43.7 Å². The smallest absolute Gasteiger partial charge is 0.257 e. The number of pyridine rings is 1. The Morgan fingerprint density at radius 2 is 1.96 bits per heavy atom. The largest absolute Gasteiger partial charge is 0.362 e. The molecule has 3 aromatic rings. The van der Waals surface area contributed by atoms with E-state index in [0.29, 0.717) is 11.4 Å². The summed E-state index contributed by atoms with van der Waals surface area (Å²) in [6.45, 7) is 3.91. The van der Waals surface area contributed by atoms with Gasteiger partial charge in [0.1, 0.15) is 5.82 Å². The van der Waals surface area contributed by atoms with Gasteiger partial charge in [0.15, 0.2) is 0 Å². The minimum atomic E-state index is -0.181. The fraction of sp³-hybridized carbons (Fsp3) is 0.158. The molecule has 0 aliphatic carbocycles. The Hall–Kier alpha value is -3.28. The van der Waals surface area contributed by atoms with Gasteiger partial charge in [-0.25, -0.2) is 4.98 Å². The number of hydrogen-bond donors (Lipinski definition) is 2. The van der Waals surface area contributed by atoms with Crippen LogP contribution in [0.1, 0.15) is 34.6 Å². The SMILES string of the molecule is Cc1ccc(C(=O)Nc2cccc(C(C)Nc3cnccn3)c2)cn1. The molecule has 0 fully saturated rings. The van der Waals surface area contributed by atoms with E-state index >= 15 is 0 Å². The van der Waals surface area contributed by atoms with Crippen LogP contribution in [0.25, 0.3) is 0 Å². The van der Waals surface area contributed by atoms with Crippen molar-refractivity contribution in [2.45, 2.75) is 19.9 Å². The highest BCUT2D eigenvalue weighted by Crippen LogP contribution is 2.21. The molecule has 0 bridgehead atoms. The van der Waals surface area contributed by atoms with Crippen LogP contribution in [0, 0.1) is 6.92 Å². The van der Waals surface area contributed by atoms with Crippen molar-refractivity contribution in [3.05, 3.63) is 78.0 Å². The monoisotopic (exact) mass is 333 g/mol. The molecule has 0 aliphatic heterocycles. The van der Waals surface area contributed by atoms with E-state index in [-0.39, 0.29) is 11.9 Å². The van der Waals surface area contributed by atoms with Gasteiger partial charge in [0.05, 0.1) is 17.8 Å². The lowest BCUT2D eigenvalue weighted by Gasteiger charge is -2.16. The molecule has 3 rings (SSSR count). The topological polar surface area (TPSA) is 79.8 Å². The zero-order valence-electron chi connectivity index (χ0n) is 14.1. The molecule has 6 nitrogen and oxygen atoms in total. The number of hydrogen-bond acceptors (Lipinski definition) is 5. The molecule has 2 heterocycles. The van der Waals surface area contributed by atoms with E-state index in [1.165, 1.54) is 0 Å². The van der Waals surface area contributed by atoms with Gasteiger partial charge in [-0.15, -0.1) is 0 Å². The summed E-state index contributed by atoms with van der Waals surface area (Å²) in [5.41, 5.74) is 3.17. The molecule has 1 atom stereocenters. The first-order chi connectivity index (χ1) is 12.1. The minimum Gasteiger partial charge on any atom is -0.362 e. The quantitative estimate of drug-likeness (QED) is 0.745. The number of rotatable bonds is 5. The Balaban J connectivity index is 1.70. The van der Waals surface area contributed by atoms with Crippen LogP contribution in [0.3, 0.4) is 0 Å². The lowest BCUT2D eigenvalue weighted by molar-refractivity contribution is 0.102. The average molecular weight is 333 g/mol. The summed E-state index contributed by atoms with van der Waals surface area (Å²) in [6, 6.07) is 11.3. The van der Waals surface area contributed by atoms with Crippen molar-refractivity contribution in [1.82, 2.24) is 15.0 Å². The van der Waals surface area contributed by atoms with Crippen molar-refractivity contribution in [2.75, 3.05) is 10.6 Å². The molecule has 2 aromatic heterocycles. The first kappa shape index (κ1) is 16.6. The maximum absolute atomic E-state index is 12.3.